The summed E-state index contributed by atoms with van der Waals surface area (Å²) in [6, 6.07) is -1.34. The fourth-order valence-corrected chi connectivity index (χ4v) is 3.83. The first kappa shape index (κ1) is 19.8. The third-order valence-electron chi connectivity index (χ3n) is 5.34. The second-order valence-electron chi connectivity index (χ2n) is 7.02. The molecule has 3 rings (SSSR count). The molecule has 0 aliphatic carbocycles. The van der Waals surface area contributed by atoms with E-state index in [1.165, 1.54) is 0 Å². The van der Waals surface area contributed by atoms with Crippen molar-refractivity contribution in [2.24, 2.45) is 0 Å². The number of hydrogen-bond acceptors (Lipinski definition) is 6. The molecule has 3 heterocycles. The Bertz CT molecular complexity index is 548. The normalized spacial score (nSPS) is 25.5. The second kappa shape index (κ2) is 9.34. The third-order valence-corrected chi connectivity index (χ3v) is 5.34. The van der Waals surface area contributed by atoms with Gasteiger partial charge in [0.05, 0.1) is 26.4 Å². The molecule has 2 atom stereocenters. The molecule has 0 bridgehead atoms. The van der Waals surface area contributed by atoms with E-state index >= 15 is 0 Å². The van der Waals surface area contributed by atoms with E-state index in [9.17, 15) is 14.4 Å². The van der Waals surface area contributed by atoms with Crippen LogP contribution in [-0.4, -0.2) is 115 Å². The zero-order chi connectivity index (χ0) is 19.2. The van der Waals surface area contributed by atoms with Crippen LogP contribution in [0, 0.1) is 0 Å². The Balaban J connectivity index is 1.67. The van der Waals surface area contributed by atoms with Gasteiger partial charge >= 0.3 is 6.09 Å². The van der Waals surface area contributed by atoms with Gasteiger partial charge in [-0.1, -0.05) is 0 Å². The van der Waals surface area contributed by atoms with Crippen LogP contribution < -0.4 is 5.32 Å². The van der Waals surface area contributed by atoms with Gasteiger partial charge in [0.15, 0.2) is 0 Å². The summed E-state index contributed by atoms with van der Waals surface area (Å²) in [5, 5.41) is 11.2. The number of morpholine rings is 2. The van der Waals surface area contributed by atoms with E-state index < -0.39 is 18.2 Å². The van der Waals surface area contributed by atoms with Crippen LogP contribution in [0.3, 0.4) is 0 Å². The number of nitrogens with zero attached hydrogens (tertiary/aromatic N) is 3. The van der Waals surface area contributed by atoms with Gasteiger partial charge < -0.3 is 29.7 Å². The first-order valence-corrected chi connectivity index (χ1v) is 9.53. The summed E-state index contributed by atoms with van der Waals surface area (Å²) in [6.07, 6.45) is -0.309. The lowest BCUT2D eigenvalue weighted by molar-refractivity contribution is -0.147. The highest BCUT2D eigenvalue weighted by Crippen LogP contribution is 2.20. The Hall–Kier alpha value is -1.91. The van der Waals surface area contributed by atoms with Crippen molar-refractivity contribution < 1.29 is 29.0 Å². The van der Waals surface area contributed by atoms with Crippen molar-refractivity contribution in [3.63, 3.8) is 0 Å². The third kappa shape index (κ3) is 5.08. The summed E-state index contributed by atoms with van der Waals surface area (Å²) in [6.45, 7) is 6.10. The number of ether oxygens (including phenoxy) is 2. The minimum Gasteiger partial charge on any atom is -0.465 e. The van der Waals surface area contributed by atoms with Gasteiger partial charge in [-0.05, 0) is 12.8 Å². The number of carbonyl (C=O) groups is 3. The van der Waals surface area contributed by atoms with Crippen molar-refractivity contribution in [3.8, 4) is 0 Å². The van der Waals surface area contributed by atoms with E-state index in [-0.39, 0.29) is 11.8 Å². The van der Waals surface area contributed by atoms with Crippen molar-refractivity contribution in [2.75, 3.05) is 65.7 Å². The van der Waals surface area contributed by atoms with Crippen LogP contribution >= 0.6 is 0 Å². The van der Waals surface area contributed by atoms with Gasteiger partial charge in [0.25, 0.3) is 0 Å². The zero-order valence-corrected chi connectivity index (χ0v) is 15.5. The van der Waals surface area contributed by atoms with Crippen molar-refractivity contribution >= 4 is 17.9 Å². The van der Waals surface area contributed by atoms with E-state index in [2.05, 4.69) is 10.2 Å². The quantitative estimate of drug-likeness (QED) is 0.592. The maximum atomic E-state index is 13.1. The summed E-state index contributed by atoms with van der Waals surface area (Å²) >= 11 is 0. The standard InChI is InChI=1S/C17H28N4O6/c22-15-13(18-17(24)25)1-4-21(15)14(2-3-19-5-9-26-10-6-19)16(23)20-7-11-27-12-8-20/h13-14,18H,1-12H2,(H,24,25)/t13-,14-/m0/s1. The first-order valence-electron chi connectivity index (χ1n) is 9.53. The summed E-state index contributed by atoms with van der Waals surface area (Å²) in [5.41, 5.74) is 0. The molecule has 0 aromatic carbocycles. The summed E-state index contributed by atoms with van der Waals surface area (Å²) in [5.74, 6) is -0.387. The molecule has 10 heteroatoms. The lowest BCUT2D eigenvalue weighted by Gasteiger charge is -2.36. The Morgan fingerprint density at radius 3 is 2.33 bits per heavy atom. The fourth-order valence-electron chi connectivity index (χ4n) is 3.83. The van der Waals surface area contributed by atoms with Crippen LogP contribution in [0.25, 0.3) is 0 Å². The lowest BCUT2D eigenvalue weighted by atomic mass is 10.1. The van der Waals surface area contributed by atoms with Gasteiger partial charge in [0.1, 0.15) is 12.1 Å². The van der Waals surface area contributed by atoms with Crippen LogP contribution in [-0.2, 0) is 19.1 Å². The molecule has 10 nitrogen and oxygen atoms in total. The topological polar surface area (TPSA) is 112 Å². The van der Waals surface area contributed by atoms with Gasteiger partial charge in [0.2, 0.25) is 11.8 Å². The molecule has 3 saturated heterocycles. The molecule has 0 unspecified atom stereocenters. The Labute approximate surface area is 158 Å². The fraction of sp³-hybridized carbons (Fsp3) is 0.824. The number of amides is 3. The number of nitrogens with one attached hydrogen (secondary N) is 1. The molecule has 27 heavy (non-hydrogen) atoms. The summed E-state index contributed by atoms with van der Waals surface area (Å²) in [7, 11) is 0. The Morgan fingerprint density at radius 2 is 1.70 bits per heavy atom. The summed E-state index contributed by atoms with van der Waals surface area (Å²) in [4.78, 5) is 42.3. The summed E-state index contributed by atoms with van der Waals surface area (Å²) < 4.78 is 10.7. The Kier molecular flexibility index (Phi) is 6.86. The van der Waals surface area contributed by atoms with E-state index in [1.54, 1.807) is 9.80 Å². The van der Waals surface area contributed by atoms with Crippen molar-refractivity contribution in [2.45, 2.75) is 24.9 Å². The lowest BCUT2D eigenvalue weighted by Crippen LogP contribution is -2.54. The maximum absolute atomic E-state index is 13.1. The van der Waals surface area contributed by atoms with Crippen molar-refractivity contribution in [1.82, 2.24) is 20.0 Å². The highest BCUT2D eigenvalue weighted by molar-refractivity contribution is 5.92. The number of rotatable bonds is 6. The largest absolute Gasteiger partial charge is 0.465 e. The first-order chi connectivity index (χ1) is 13.1. The molecule has 0 radical (unpaired) electrons. The van der Waals surface area contributed by atoms with Gasteiger partial charge in [-0.3, -0.25) is 14.5 Å². The number of carboxylic acid groups (broad SMARTS) is 1. The molecule has 152 valence electrons. The number of hydrogen-bond donors (Lipinski definition) is 2. The van der Waals surface area contributed by atoms with E-state index in [0.29, 0.717) is 65.4 Å². The minimum absolute atomic E-state index is 0.0733. The molecular formula is C17H28N4O6. The molecular weight excluding hydrogens is 356 g/mol. The predicted molar refractivity (Wildman–Crippen MR) is 94.3 cm³/mol. The second-order valence-corrected chi connectivity index (χ2v) is 7.02. The van der Waals surface area contributed by atoms with Crippen LogP contribution in [0.5, 0.6) is 0 Å². The molecule has 0 spiro atoms. The zero-order valence-electron chi connectivity index (χ0n) is 15.5. The van der Waals surface area contributed by atoms with E-state index in [1.807, 2.05) is 0 Å². The van der Waals surface area contributed by atoms with Crippen LogP contribution in [0.4, 0.5) is 4.79 Å². The predicted octanol–water partition coefficient (Wildman–Crippen LogP) is -1.20. The monoisotopic (exact) mass is 384 g/mol. The number of likely N-dealkylation sites (tertiary alicyclic amines) is 1. The smallest absolute Gasteiger partial charge is 0.405 e. The average molecular weight is 384 g/mol. The van der Waals surface area contributed by atoms with Crippen LogP contribution in [0.15, 0.2) is 0 Å². The Morgan fingerprint density at radius 1 is 1.07 bits per heavy atom. The molecule has 2 N–H and O–H groups in total. The molecule has 3 fully saturated rings. The molecule has 3 aliphatic heterocycles. The molecule has 3 aliphatic rings. The SMILES string of the molecule is O=C(O)N[C@H]1CCN([C@@H](CCN2CCOCC2)C(=O)N2CCOCC2)C1=O. The minimum atomic E-state index is -1.22. The van der Waals surface area contributed by atoms with Gasteiger partial charge in [0, 0.05) is 39.3 Å². The van der Waals surface area contributed by atoms with Gasteiger partial charge in [-0.25, -0.2) is 4.79 Å². The van der Waals surface area contributed by atoms with Crippen molar-refractivity contribution in [3.05, 3.63) is 0 Å². The van der Waals surface area contributed by atoms with Crippen molar-refractivity contribution in [1.29, 1.82) is 0 Å². The van der Waals surface area contributed by atoms with Crippen LogP contribution in [0.1, 0.15) is 12.8 Å². The molecule has 3 amide bonds. The number of carbonyl (C=O) groups excluding carboxylic acids is 2. The molecule has 0 aromatic rings. The van der Waals surface area contributed by atoms with E-state index in [0.717, 1.165) is 13.1 Å². The highest BCUT2D eigenvalue weighted by Gasteiger charge is 2.41. The average Bonchev–Trinajstić information content (AvgIpc) is 3.03. The van der Waals surface area contributed by atoms with Crippen LogP contribution in [0.2, 0.25) is 0 Å². The molecule has 0 saturated carbocycles. The van der Waals surface area contributed by atoms with Gasteiger partial charge in [-0.2, -0.15) is 0 Å². The highest BCUT2D eigenvalue weighted by atomic mass is 16.5. The van der Waals surface area contributed by atoms with Gasteiger partial charge in [-0.15, -0.1) is 0 Å². The van der Waals surface area contributed by atoms with E-state index in [4.69, 9.17) is 14.6 Å². The molecule has 0 aromatic heterocycles. The maximum Gasteiger partial charge on any atom is 0.405 e.